The Kier molecular flexibility index (Phi) is 7.48. The molecule has 9 heteroatoms. The molecule has 1 amide bonds. The van der Waals surface area contributed by atoms with Gasteiger partial charge in [-0.25, -0.2) is 13.2 Å². The van der Waals surface area contributed by atoms with E-state index in [1.54, 1.807) is 11.8 Å². The van der Waals surface area contributed by atoms with Gasteiger partial charge < -0.3 is 10.1 Å². The summed E-state index contributed by atoms with van der Waals surface area (Å²) < 4.78 is 31.2. The number of sulfonamides is 1. The highest BCUT2D eigenvalue weighted by Gasteiger charge is 2.27. The molecule has 1 aromatic rings. The first-order valence-electron chi connectivity index (χ1n) is 8.38. The van der Waals surface area contributed by atoms with Crippen LogP contribution in [0.1, 0.15) is 29.6 Å². The van der Waals surface area contributed by atoms with Gasteiger partial charge in [0.1, 0.15) is 6.04 Å². The van der Waals surface area contributed by atoms with Crippen LogP contribution in [0, 0.1) is 0 Å². The molecule has 0 spiro atoms. The molecule has 0 bridgehead atoms. The van der Waals surface area contributed by atoms with E-state index in [1.807, 2.05) is 6.26 Å². The van der Waals surface area contributed by atoms with Crippen LogP contribution in [0.3, 0.4) is 0 Å². The molecule has 144 valence electrons. The number of benzene rings is 1. The Morgan fingerprint density at radius 2 is 1.85 bits per heavy atom. The first-order valence-corrected chi connectivity index (χ1v) is 11.2. The van der Waals surface area contributed by atoms with Gasteiger partial charge in [-0.1, -0.05) is 0 Å². The zero-order valence-electron chi connectivity index (χ0n) is 14.9. The predicted octanol–water partition coefficient (Wildman–Crippen LogP) is 1.50. The maximum atomic E-state index is 12.5. The fourth-order valence-electron chi connectivity index (χ4n) is 2.72. The van der Waals surface area contributed by atoms with Crippen molar-refractivity contribution in [3.05, 3.63) is 29.8 Å². The van der Waals surface area contributed by atoms with Crippen LogP contribution in [0.4, 0.5) is 0 Å². The topological polar surface area (TPSA) is 92.8 Å². The van der Waals surface area contributed by atoms with Gasteiger partial charge in [0, 0.05) is 18.7 Å². The summed E-state index contributed by atoms with van der Waals surface area (Å²) in [4.78, 5) is 24.3. The molecule has 7 nitrogen and oxygen atoms in total. The molecule has 1 N–H and O–H groups in total. The van der Waals surface area contributed by atoms with Crippen molar-refractivity contribution in [2.75, 3.05) is 32.2 Å². The number of nitrogens with one attached hydrogen (secondary N) is 1. The van der Waals surface area contributed by atoms with E-state index in [-0.39, 0.29) is 4.90 Å². The Balaban J connectivity index is 2.08. The Morgan fingerprint density at radius 3 is 2.38 bits per heavy atom. The van der Waals surface area contributed by atoms with Gasteiger partial charge in [-0.2, -0.15) is 16.1 Å². The van der Waals surface area contributed by atoms with E-state index in [1.165, 1.54) is 35.7 Å². The minimum Gasteiger partial charge on any atom is -0.467 e. The highest BCUT2D eigenvalue weighted by Crippen LogP contribution is 2.21. The lowest BCUT2D eigenvalue weighted by molar-refractivity contribution is -0.142. The number of nitrogens with zero attached hydrogens (tertiary/aromatic N) is 1. The average molecular weight is 401 g/mol. The number of hydrogen-bond acceptors (Lipinski definition) is 6. The summed E-state index contributed by atoms with van der Waals surface area (Å²) in [6, 6.07) is 5.05. The number of carbonyl (C=O) groups is 2. The summed E-state index contributed by atoms with van der Waals surface area (Å²) in [7, 11) is -2.23. The van der Waals surface area contributed by atoms with Gasteiger partial charge >= 0.3 is 5.97 Å². The van der Waals surface area contributed by atoms with Crippen molar-refractivity contribution in [2.45, 2.75) is 30.2 Å². The third kappa shape index (κ3) is 4.99. The molecule has 0 aliphatic carbocycles. The van der Waals surface area contributed by atoms with E-state index in [4.69, 9.17) is 4.74 Å². The van der Waals surface area contributed by atoms with E-state index < -0.39 is 27.9 Å². The van der Waals surface area contributed by atoms with Crippen LogP contribution in [-0.2, 0) is 19.6 Å². The van der Waals surface area contributed by atoms with Gasteiger partial charge in [-0.3, -0.25) is 4.79 Å². The maximum Gasteiger partial charge on any atom is 0.328 e. The Hall–Kier alpha value is -1.58. The quantitative estimate of drug-likeness (QED) is 0.665. The van der Waals surface area contributed by atoms with Crippen LogP contribution in [0.25, 0.3) is 0 Å². The summed E-state index contributed by atoms with van der Waals surface area (Å²) in [5, 5.41) is 2.65. The van der Waals surface area contributed by atoms with E-state index in [0.717, 1.165) is 12.8 Å². The Labute approximate surface area is 158 Å². The third-order valence-electron chi connectivity index (χ3n) is 4.22. The number of hydrogen-bond donors (Lipinski definition) is 1. The van der Waals surface area contributed by atoms with Gasteiger partial charge in [-0.05, 0) is 55.5 Å². The molecule has 26 heavy (non-hydrogen) atoms. The maximum absolute atomic E-state index is 12.5. The third-order valence-corrected chi connectivity index (χ3v) is 6.78. The fraction of sp³-hybridized carbons (Fsp3) is 0.529. The van der Waals surface area contributed by atoms with Gasteiger partial charge in [0.2, 0.25) is 10.0 Å². The molecule has 0 radical (unpaired) electrons. The zero-order chi connectivity index (χ0) is 19.2. The van der Waals surface area contributed by atoms with Gasteiger partial charge in [0.15, 0.2) is 0 Å². The summed E-state index contributed by atoms with van der Waals surface area (Å²) in [6.45, 7) is 1.06. The fourth-order valence-corrected chi connectivity index (χ4v) is 4.71. The zero-order valence-corrected chi connectivity index (χ0v) is 16.6. The van der Waals surface area contributed by atoms with E-state index in [2.05, 4.69) is 5.32 Å². The molecule has 0 saturated carbocycles. The van der Waals surface area contributed by atoms with Crippen molar-refractivity contribution in [2.24, 2.45) is 0 Å². The van der Waals surface area contributed by atoms with Crippen molar-refractivity contribution in [1.82, 2.24) is 9.62 Å². The molecule has 1 aromatic carbocycles. The van der Waals surface area contributed by atoms with E-state index in [9.17, 15) is 18.0 Å². The van der Waals surface area contributed by atoms with Crippen LogP contribution in [0.2, 0.25) is 0 Å². The van der Waals surface area contributed by atoms with Crippen LogP contribution in [0.15, 0.2) is 29.2 Å². The lowest BCUT2D eigenvalue weighted by Gasteiger charge is -2.17. The first kappa shape index (κ1) is 20.7. The smallest absolute Gasteiger partial charge is 0.328 e. The lowest BCUT2D eigenvalue weighted by Crippen LogP contribution is -2.42. The van der Waals surface area contributed by atoms with Gasteiger partial charge in [0.25, 0.3) is 5.91 Å². The first-order chi connectivity index (χ1) is 12.4. The Bertz CT molecular complexity index is 728. The summed E-state index contributed by atoms with van der Waals surface area (Å²) in [6.07, 6.45) is 4.10. The van der Waals surface area contributed by atoms with Gasteiger partial charge in [0.05, 0.1) is 12.0 Å². The molecular weight excluding hydrogens is 376 g/mol. The molecule has 1 atom stereocenters. The van der Waals surface area contributed by atoms with Crippen molar-refractivity contribution < 1.29 is 22.7 Å². The molecule has 1 aliphatic heterocycles. The SMILES string of the molecule is COC(=O)[C@H](CCSC)NC(=O)c1ccc(S(=O)(=O)N2CCCC2)cc1. The van der Waals surface area contributed by atoms with Crippen molar-refractivity contribution in [1.29, 1.82) is 0 Å². The van der Waals surface area contributed by atoms with Crippen molar-refractivity contribution in [3.8, 4) is 0 Å². The molecule has 1 aliphatic rings. The number of rotatable bonds is 8. The normalized spacial score (nSPS) is 16.2. The average Bonchev–Trinajstić information content (AvgIpc) is 3.20. The number of methoxy groups -OCH3 is 1. The minimum atomic E-state index is -3.51. The molecule has 0 aromatic heterocycles. The highest BCUT2D eigenvalue weighted by molar-refractivity contribution is 7.98. The molecule has 1 fully saturated rings. The highest BCUT2D eigenvalue weighted by atomic mass is 32.2. The van der Waals surface area contributed by atoms with Gasteiger partial charge in [-0.15, -0.1) is 0 Å². The Morgan fingerprint density at radius 1 is 1.23 bits per heavy atom. The largest absolute Gasteiger partial charge is 0.467 e. The molecule has 0 unspecified atom stereocenters. The predicted molar refractivity (Wildman–Crippen MR) is 101 cm³/mol. The van der Waals surface area contributed by atoms with Crippen LogP contribution in [-0.4, -0.2) is 62.8 Å². The minimum absolute atomic E-state index is 0.169. The summed E-state index contributed by atoms with van der Waals surface area (Å²) >= 11 is 1.57. The monoisotopic (exact) mass is 400 g/mol. The van der Waals surface area contributed by atoms with E-state index in [0.29, 0.717) is 30.8 Å². The molecule has 1 saturated heterocycles. The van der Waals surface area contributed by atoms with Crippen molar-refractivity contribution >= 4 is 33.7 Å². The molecule has 1 heterocycles. The van der Waals surface area contributed by atoms with E-state index >= 15 is 0 Å². The number of amides is 1. The van der Waals surface area contributed by atoms with Crippen LogP contribution in [0.5, 0.6) is 0 Å². The second-order valence-corrected chi connectivity index (χ2v) is 8.89. The summed E-state index contributed by atoms with van der Waals surface area (Å²) in [5.41, 5.74) is 0.295. The number of thioether (sulfide) groups is 1. The summed E-state index contributed by atoms with van der Waals surface area (Å²) in [5.74, 6) is -0.236. The second kappa shape index (κ2) is 9.38. The number of esters is 1. The molecular formula is C17H24N2O5S2. The standard InChI is InChI=1S/C17H24N2O5S2/c1-24-17(21)15(9-12-25-2)18-16(20)13-5-7-14(8-6-13)26(22,23)19-10-3-4-11-19/h5-8,15H,3-4,9-12H2,1-2H3,(H,18,20)/t15-/m0/s1. The van der Waals surface area contributed by atoms with Crippen LogP contribution < -0.4 is 5.32 Å². The number of carbonyl (C=O) groups excluding carboxylic acids is 2. The second-order valence-electron chi connectivity index (χ2n) is 5.97. The lowest BCUT2D eigenvalue weighted by atomic mass is 10.1. The number of ether oxygens (including phenoxy) is 1. The molecule has 2 rings (SSSR count). The van der Waals surface area contributed by atoms with Crippen LogP contribution >= 0.6 is 11.8 Å². The van der Waals surface area contributed by atoms with Crippen molar-refractivity contribution in [3.63, 3.8) is 0 Å².